The Morgan fingerprint density at radius 2 is 1.29 bits per heavy atom. The van der Waals surface area contributed by atoms with Crippen LogP contribution in [0.2, 0.25) is 0 Å². The number of aliphatic carboxylic acids is 2. The Morgan fingerprint density at radius 1 is 0.746 bits per heavy atom. The summed E-state index contributed by atoms with van der Waals surface area (Å²) in [5.74, 6) is -9.44. The summed E-state index contributed by atoms with van der Waals surface area (Å²) in [5, 5.41) is 45.5. The first-order chi connectivity index (χ1) is 29.6. The van der Waals surface area contributed by atoms with E-state index in [1.54, 1.807) is 13.2 Å². The van der Waals surface area contributed by atoms with Crippen LogP contribution >= 0.6 is 24.4 Å². The Kier molecular flexibility index (Phi) is 25.2. The Morgan fingerprint density at radius 3 is 1.84 bits per heavy atom. The van der Waals surface area contributed by atoms with Gasteiger partial charge in [0, 0.05) is 18.7 Å². The van der Waals surface area contributed by atoms with E-state index < -0.39 is 109 Å². The predicted molar refractivity (Wildman–Crippen MR) is 236 cm³/mol. The summed E-state index contributed by atoms with van der Waals surface area (Å²) in [6.07, 6.45) is 1.27. The second-order valence-corrected chi connectivity index (χ2v) is 15.8. The molecule has 0 aliphatic heterocycles. The van der Waals surface area contributed by atoms with Crippen LogP contribution in [0.15, 0.2) is 29.3 Å². The number of carboxylic acids is 2. The number of phenolic OH excluding ortho intramolecular Hbond substituents is 1. The summed E-state index contributed by atoms with van der Waals surface area (Å²) in [6, 6.07) is -3.90. The van der Waals surface area contributed by atoms with Crippen LogP contribution in [0.5, 0.6) is 5.75 Å². The maximum Gasteiger partial charge on any atom is 0.327 e. The van der Waals surface area contributed by atoms with Gasteiger partial charge in [0.25, 0.3) is 0 Å². The quantitative estimate of drug-likeness (QED) is 0.0162. The number of carbonyl (C=O) groups is 9. The number of carboxylic acid groups (broad SMARTS) is 2. The smallest absolute Gasteiger partial charge is 0.327 e. The molecule has 0 saturated carbocycles. The van der Waals surface area contributed by atoms with Gasteiger partial charge >= 0.3 is 11.9 Å². The van der Waals surface area contributed by atoms with Gasteiger partial charge in [0.1, 0.15) is 42.0 Å². The number of rotatable bonds is 29. The maximum atomic E-state index is 14.0. The molecular formula is C38H61N11O12S2. The minimum Gasteiger partial charge on any atom is -0.508 e. The van der Waals surface area contributed by atoms with Crippen molar-refractivity contribution in [3.63, 3.8) is 0 Å². The van der Waals surface area contributed by atoms with E-state index in [-0.39, 0.29) is 55.6 Å². The highest BCUT2D eigenvalue weighted by atomic mass is 32.2. The van der Waals surface area contributed by atoms with E-state index in [4.69, 9.17) is 22.3 Å². The highest BCUT2D eigenvalue weighted by molar-refractivity contribution is 7.98. The maximum absolute atomic E-state index is 14.0. The number of thiol groups is 1. The van der Waals surface area contributed by atoms with Crippen LogP contribution in [-0.4, -0.2) is 148 Å². The van der Waals surface area contributed by atoms with Crippen molar-refractivity contribution in [3.8, 4) is 5.75 Å². The Bertz CT molecular complexity index is 1770. The molecular weight excluding hydrogens is 867 g/mol. The summed E-state index contributed by atoms with van der Waals surface area (Å²) in [6.45, 7) is 4.34. The molecule has 1 aromatic carbocycles. The van der Waals surface area contributed by atoms with Crippen molar-refractivity contribution in [2.75, 3.05) is 30.9 Å². The molecule has 1 rings (SSSR count). The lowest BCUT2D eigenvalue weighted by Gasteiger charge is -2.27. The summed E-state index contributed by atoms with van der Waals surface area (Å²) >= 11 is 5.15. The van der Waals surface area contributed by atoms with Crippen molar-refractivity contribution in [2.45, 2.75) is 102 Å². The van der Waals surface area contributed by atoms with Gasteiger partial charge in [-0.15, -0.1) is 0 Å². The molecule has 23 nitrogen and oxygen atoms in total. The first kappa shape index (κ1) is 55.2. The zero-order chi connectivity index (χ0) is 47.8. The van der Waals surface area contributed by atoms with Crippen LogP contribution in [0.25, 0.3) is 0 Å². The molecule has 0 aromatic heterocycles. The third-order valence-corrected chi connectivity index (χ3v) is 10.4. The highest BCUT2D eigenvalue weighted by Crippen LogP contribution is 2.13. The van der Waals surface area contributed by atoms with Gasteiger partial charge in [0.15, 0.2) is 5.96 Å². The summed E-state index contributed by atoms with van der Waals surface area (Å²) < 4.78 is 0. The number of nitrogens with two attached hydrogens (primary N) is 3. The van der Waals surface area contributed by atoms with Gasteiger partial charge in [0.2, 0.25) is 41.4 Å². The van der Waals surface area contributed by atoms with Gasteiger partial charge in [-0.1, -0.05) is 32.4 Å². The van der Waals surface area contributed by atoms with E-state index in [9.17, 15) is 53.4 Å². The molecule has 0 radical (unpaired) electrons. The van der Waals surface area contributed by atoms with Gasteiger partial charge in [-0.3, -0.25) is 43.3 Å². The number of guanidine groups is 1. The van der Waals surface area contributed by atoms with E-state index in [1.807, 2.05) is 6.92 Å². The standard InChI is InChI=1S/C38H61N11O12S2/c1-5-19(2)30(39)36(59)47-23(7-6-13-42-38(40)41)33(56)48-25(15-21-8-10-22(50)11-9-21)34(57)49-26(16-29(52)53)35(58)46-24(12-14-63-4)32(55)44-20(3)31(54)43-17-28(51)45-27(18-62)37(60)61/h8-11,19-20,23-27,30,50,62H,5-7,12-18,39H2,1-4H3,(H,43,54)(H,44,55)(H,45,51)(H,46,58)(H,47,59)(H,48,56)(H,49,57)(H,52,53)(H,60,61)(H4,40,41,42)/t19-,20-,23-,24-,25-,26-,27-,30-/m0/s1. The molecule has 0 aliphatic rings. The van der Waals surface area contributed by atoms with Crippen molar-refractivity contribution in [3.05, 3.63) is 29.8 Å². The van der Waals surface area contributed by atoms with E-state index >= 15 is 0 Å². The zero-order valence-electron chi connectivity index (χ0n) is 35.5. The molecule has 63 heavy (non-hydrogen) atoms. The Labute approximate surface area is 374 Å². The number of nitrogens with zero attached hydrogens (tertiary/aromatic N) is 1. The molecule has 25 heteroatoms. The average molecular weight is 928 g/mol. The van der Waals surface area contributed by atoms with Crippen molar-refractivity contribution < 1.29 is 58.5 Å². The molecule has 0 unspecified atom stereocenters. The van der Waals surface area contributed by atoms with Crippen LogP contribution in [-0.2, 0) is 49.6 Å². The summed E-state index contributed by atoms with van der Waals surface area (Å²) in [7, 11) is 0. The molecule has 7 amide bonds. The molecule has 0 fully saturated rings. The minimum absolute atomic E-state index is 0.00208. The normalized spacial score (nSPS) is 14.6. The first-order valence-electron chi connectivity index (χ1n) is 19.9. The number of thioether (sulfide) groups is 1. The van der Waals surface area contributed by atoms with E-state index in [0.29, 0.717) is 17.7 Å². The number of hydrogen-bond acceptors (Lipinski definition) is 14. The van der Waals surface area contributed by atoms with Crippen LogP contribution in [0.3, 0.4) is 0 Å². The number of amides is 7. The number of phenols is 1. The van der Waals surface area contributed by atoms with Crippen LogP contribution in [0.4, 0.5) is 0 Å². The highest BCUT2D eigenvalue weighted by Gasteiger charge is 2.34. The fourth-order valence-corrected chi connectivity index (χ4v) is 6.18. The molecule has 0 saturated heterocycles. The molecule has 0 bridgehead atoms. The lowest BCUT2D eigenvalue weighted by molar-refractivity contribution is -0.142. The van der Waals surface area contributed by atoms with Crippen molar-refractivity contribution >= 4 is 83.6 Å². The molecule has 8 atom stereocenters. The van der Waals surface area contributed by atoms with Gasteiger partial charge in [0.05, 0.1) is 19.0 Å². The van der Waals surface area contributed by atoms with Crippen LogP contribution < -0.4 is 54.4 Å². The Hall–Kier alpha value is -5.82. The second kappa shape index (κ2) is 28.7. The van der Waals surface area contributed by atoms with Crippen molar-refractivity contribution in [1.29, 1.82) is 0 Å². The zero-order valence-corrected chi connectivity index (χ0v) is 37.3. The number of hydrogen-bond donors (Lipinski definition) is 14. The van der Waals surface area contributed by atoms with E-state index in [2.05, 4.69) is 54.8 Å². The van der Waals surface area contributed by atoms with Crippen LogP contribution in [0.1, 0.15) is 58.4 Å². The number of nitrogens with one attached hydrogen (secondary N) is 7. The molecule has 0 heterocycles. The molecule has 16 N–H and O–H groups in total. The summed E-state index contributed by atoms with van der Waals surface area (Å²) in [5.41, 5.74) is 17.4. The van der Waals surface area contributed by atoms with Gasteiger partial charge < -0.3 is 69.7 Å². The number of aromatic hydroxyl groups is 1. The monoisotopic (exact) mass is 927 g/mol. The number of carbonyl (C=O) groups excluding carboxylic acids is 7. The molecule has 1 aromatic rings. The molecule has 0 aliphatic carbocycles. The van der Waals surface area contributed by atoms with Gasteiger partial charge in [-0.25, -0.2) is 4.79 Å². The number of benzene rings is 1. The van der Waals surface area contributed by atoms with Crippen LogP contribution in [0, 0.1) is 5.92 Å². The lowest BCUT2D eigenvalue weighted by atomic mass is 9.98. The molecule has 352 valence electrons. The minimum atomic E-state index is -1.81. The predicted octanol–water partition coefficient (Wildman–Crippen LogP) is -3.35. The number of aliphatic imine (C=N–C) groups is 1. The van der Waals surface area contributed by atoms with Crippen molar-refractivity contribution in [1.82, 2.24) is 37.2 Å². The van der Waals surface area contributed by atoms with Gasteiger partial charge in [-0.2, -0.15) is 24.4 Å². The summed E-state index contributed by atoms with van der Waals surface area (Å²) in [4.78, 5) is 120. The lowest BCUT2D eigenvalue weighted by Crippen LogP contribution is -2.60. The third kappa shape index (κ3) is 21.2. The largest absolute Gasteiger partial charge is 0.508 e. The fraction of sp³-hybridized carbons (Fsp3) is 0.579. The molecule has 0 spiro atoms. The average Bonchev–Trinajstić information content (AvgIpc) is 3.23. The van der Waals surface area contributed by atoms with E-state index in [0.717, 1.165) is 0 Å². The third-order valence-electron chi connectivity index (χ3n) is 9.39. The van der Waals surface area contributed by atoms with Gasteiger partial charge in [-0.05, 0) is 61.8 Å². The second-order valence-electron chi connectivity index (χ2n) is 14.4. The topological polar surface area (TPSA) is 389 Å². The Balaban J connectivity index is 3.36. The van der Waals surface area contributed by atoms with Crippen molar-refractivity contribution in [2.24, 2.45) is 28.1 Å². The SMILES string of the molecule is CC[C@H](C)[C@H](N)C(=O)N[C@@H](CCCN=C(N)N)C(=O)N[C@@H](Cc1ccc(O)cc1)C(=O)N[C@@H](CC(=O)O)C(=O)N[C@@H](CCSC)C(=O)N[C@@H](C)C(=O)NCC(=O)N[C@@H](CS)C(=O)O. The fourth-order valence-electron chi connectivity index (χ4n) is 5.47. The van der Waals surface area contributed by atoms with E-state index in [1.165, 1.54) is 43.0 Å². The first-order valence-corrected chi connectivity index (χ1v) is 21.9.